The van der Waals surface area contributed by atoms with Gasteiger partial charge in [-0.3, -0.25) is 0 Å². The molecule has 1 heterocycles. The Morgan fingerprint density at radius 2 is 1.86 bits per heavy atom. The summed E-state index contributed by atoms with van der Waals surface area (Å²) in [7, 11) is 2.90. The topological polar surface area (TPSA) is 85.4 Å². The molecule has 0 atom stereocenters. The van der Waals surface area contributed by atoms with Crippen LogP contribution in [0.25, 0.3) is 0 Å². The van der Waals surface area contributed by atoms with Gasteiger partial charge < -0.3 is 20.1 Å². The number of nitrogens with zero attached hydrogens (tertiary/aromatic N) is 2. The Bertz CT molecular complexity index is 1010. The van der Waals surface area contributed by atoms with E-state index < -0.39 is 5.97 Å². The number of carbonyl (C=O) groups excluding carboxylic acids is 1. The molecule has 8 heteroatoms. The van der Waals surface area contributed by atoms with Gasteiger partial charge in [0.2, 0.25) is 5.95 Å². The van der Waals surface area contributed by atoms with E-state index in [9.17, 15) is 4.79 Å². The molecule has 0 aliphatic rings. The van der Waals surface area contributed by atoms with Crippen molar-refractivity contribution in [1.29, 1.82) is 0 Å². The van der Waals surface area contributed by atoms with Gasteiger partial charge in [0.05, 0.1) is 31.2 Å². The third-order valence-electron chi connectivity index (χ3n) is 3.98. The van der Waals surface area contributed by atoms with Crippen molar-refractivity contribution >= 4 is 40.7 Å². The Labute approximate surface area is 167 Å². The summed E-state index contributed by atoms with van der Waals surface area (Å²) in [4.78, 5) is 20.6. The van der Waals surface area contributed by atoms with Gasteiger partial charge in [-0.15, -0.1) is 0 Å². The molecule has 0 aliphatic carbocycles. The lowest BCUT2D eigenvalue weighted by Crippen LogP contribution is -2.07. The third-order valence-corrected chi connectivity index (χ3v) is 4.39. The molecule has 0 aliphatic heterocycles. The Hall–Kier alpha value is -3.32. The number of carbonyl (C=O) groups is 1. The number of methoxy groups -OCH3 is 2. The van der Waals surface area contributed by atoms with Crippen LogP contribution >= 0.6 is 11.6 Å². The Morgan fingerprint density at radius 3 is 2.61 bits per heavy atom. The van der Waals surface area contributed by atoms with E-state index >= 15 is 0 Å². The van der Waals surface area contributed by atoms with E-state index in [2.05, 4.69) is 20.6 Å². The van der Waals surface area contributed by atoms with Gasteiger partial charge in [-0.25, -0.2) is 9.78 Å². The van der Waals surface area contributed by atoms with E-state index in [4.69, 9.17) is 21.1 Å². The van der Waals surface area contributed by atoms with E-state index in [0.29, 0.717) is 39.5 Å². The summed E-state index contributed by atoms with van der Waals surface area (Å²) in [5.41, 5.74) is 2.58. The van der Waals surface area contributed by atoms with Crippen LogP contribution in [0.3, 0.4) is 0 Å². The second-order valence-electron chi connectivity index (χ2n) is 5.85. The number of halogens is 1. The molecule has 0 bridgehead atoms. The van der Waals surface area contributed by atoms with Gasteiger partial charge in [0.1, 0.15) is 11.6 Å². The lowest BCUT2D eigenvalue weighted by Gasteiger charge is -2.13. The lowest BCUT2D eigenvalue weighted by molar-refractivity contribution is 0.0602. The van der Waals surface area contributed by atoms with E-state index in [0.717, 1.165) is 5.56 Å². The summed E-state index contributed by atoms with van der Waals surface area (Å²) in [6.45, 7) is 1.90. The number of hydrogen-bond donors (Lipinski definition) is 2. The van der Waals surface area contributed by atoms with Crippen LogP contribution in [0, 0.1) is 6.92 Å². The molecule has 0 spiro atoms. The number of anilines is 4. The first-order chi connectivity index (χ1) is 13.5. The molecule has 7 nitrogen and oxygen atoms in total. The normalized spacial score (nSPS) is 10.3. The van der Waals surface area contributed by atoms with Crippen LogP contribution in [-0.2, 0) is 4.74 Å². The fraction of sp³-hybridized carbons (Fsp3) is 0.150. The van der Waals surface area contributed by atoms with Crippen molar-refractivity contribution in [3.8, 4) is 5.75 Å². The molecule has 0 unspecified atom stereocenters. The summed E-state index contributed by atoms with van der Waals surface area (Å²) in [6.07, 6.45) is 1.60. The van der Waals surface area contributed by atoms with Crippen LogP contribution in [0.2, 0.25) is 5.02 Å². The minimum Gasteiger partial charge on any atom is -0.495 e. The second kappa shape index (κ2) is 8.58. The summed E-state index contributed by atoms with van der Waals surface area (Å²) in [5.74, 6) is 1.02. The number of esters is 1. The molecular formula is C20H19ClN4O3. The molecule has 28 heavy (non-hydrogen) atoms. The molecular weight excluding hydrogens is 380 g/mol. The van der Waals surface area contributed by atoms with Crippen LogP contribution in [0.4, 0.5) is 23.1 Å². The maximum absolute atomic E-state index is 11.9. The number of aromatic nitrogens is 2. The number of rotatable bonds is 6. The van der Waals surface area contributed by atoms with E-state index in [1.807, 2.05) is 19.1 Å². The van der Waals surface area contributed by atoms with Gasteiger partial charge >= 0.3 is 5.97 Å². The zero-order chi connectivity index (χ0) is 20.1. The lowest BCUT2D eigenvalue weighted by atomic mass is 10.2. The highest BCUT2D eigenvalue weighted by Crippen LogP contribution is 2.32. The highest BCUT2D eigenvalue weighted by atomic mass is 35.5. The van der Waals surface area contributed by atoms with Crippen LogP contribution in [0.1, 0.15) is 15.9 Å². The average Bonchev–Trinajstić information content (AvgIpc) is 2.70. The second-order valence-corrected chi connectivity index (χ2v) is 6.26. The molecule has 0 saturated carbocycles. The predicted molar refractivity (Wildman–Crippen MR) is 109 cm³/mol. The minimum atomic E-state index is -0.433. The molecule has 0 radical (unpaired) electrons. The molecule has 1 aromatic heterocycles. The summed E-state index contributed by atoms with van der Waals surface area (Å²) >= 11 is 6.15. The van der Waals surface area contributed by atoms with E-state index in [1.54, 1.807) is 43.6 Å². The Kier molecular flexibility index (Phi) is 5.96. The van der Waals surface area contributed by atoms with Gasteiger partial charge in [0.15, 0.2) is 0 Å². The fourth-order valence-corrected chi connectivity index (χ4v) is 2.71. The smallest absolute Gasteiger partial charge is 0.339 e. The van der Waals surface area contributed by atoms with Crippen molar-refractivity contribution in [2.45, 2.75) is 6.92 Å². The van der Waals surface area contributed by atoms with Gasteiger partial charge in [-0.05, 0) is 36.8 Å². The number of nitrogens with one attached hydrogen (secondary N) is 2. The molecule has 2 aromatic carbocycles. The maximum Gasteiger partial charge on any atom is 0.339 e. The summed E-state index contributed by atoms with van der Waals surface area (Å²) in [5, 5.41) is 6.86. The first-order valence-electron chi connectivity index (χ1n) is 8.40. The SMILES string of the molecule is COC(=O)c1ccccc1Nc1ccnc(Nc2cc(C)c(Cl)cc2OC)n1. The number of aryl methyl sites for hydroxylation is 1. The third kappa shape index (κ3) is 4.32. The van der Waals surface area contributed by atoms with Crippen molar-refractivity contribution in [1.82, 2.24) is 9.97 Å². The summed E-state index contributed by atoms with van der Waals surface area (Å²) in [6, 6.07) is 12.3. The molecule has 3 aromatic rings. The zero-order valence-corrected chi connectivity index (χ0v) is 16.4. The minimum absolute atomic E-state index is 0.362. The number of benzene rings is 2. The zero-order valence-electron chi connectivity index (χ0n) is 15.6. The quantitative estimate of drug-likeness (QED) is 0.581. The monoisotopic (exact) mass is 398 g/mol. The van der Waals surface area contributed by atoms with Crippen molar-refractivity contribution in [3.63, 3.8) is 0 Å². The molecule has 0 fully saturated rings. The average molecular weight is 399 g/mol. The highest BCUT2D eigenvalue weighted by molar-refractivity contribution is 6.31. The first kappa shape index (κ1) is 19.4. The number of para-hydroxylation sites is 1. The Balaban J connectivity index is 1.87. The first-order valence-corrected chi connectivity index (χ1v) is 8.78. The largest absolute Gasteiger partial charge is 0.495 e. The molecule has 144 valence electrons. The van der Waals surface area contributed by atoms with Gasteiger partial charge in [-0.1, -0.05) is 23.7 Å². The van der Waals surface area contributed by atoms with Crippen LogP contribution in [0.5, 0.6) is 5.75 Å². The van der Waals surface area contributed by atoms with E-state index in [-0.39, 0.29) is 0 Å². The van der Waals surface area contributed by atoms with Gasteiger partial charge in [0.25, 0.3) is 0 Å². The van der Waals surface area contributed by atoms with Crippen molar-refractivity contribution in [2.24, 2.45) is 0 Å². The van der Waals surface area contributed by atoms with E-state index in [1.165, 1.54) is 7.11 Å². The molecule has 3 rings (SSSR count). The molecule has 2 N–H and O–H groups in total. The maximum atomic E-state index is 11.9. The molecule has 0 amide bonds. The molecule has 0 saturated heterocycles. The van der Waals surface area contributed by atoms with Crippen LogP contribution < -0.4 is 15.4 Å². The number of ether oxygens (including phenoxy) is 2. The van der Waals surface area contributed by atoms with Crippen LogP contribution in [-0.4, -0.2) is 30.2 Å². The van der Waals surface area contributed by atoms with Gasteiger partial charge in [0, 0.05) is 17.3 Å². The predicted octanol–water partition coefficient (Wildman–Crippen LogP) is 4.72. The fourth-order valence-electron chi connectivity index (χ4n) is 2.56. The highest BCUT2D eigenvalue weighted by Gasteiger charge is 2.13. The van der Waals surface area contributed by atoms with Crippen molar-refractivity contribution in [3.05, 3.63) is 64.8 Å². The van der Waals surface area contributed by atoms with Crippen molar-refractivity contribution < 1.29 is 14.3 Å². The van der Waals surface area contributed by atoms with Crippen molar-refractivity contribution in [2.75, 3.05) is 24.9 Å². The number of hydrogen-bond acceptors (Lipinski definition) is 7. The standard InChI is InChI=1S/C20H19ClN4O3/c1-12-10-16(17(27-2)11-14(12)21)24-20-22-9-8-18(25-20)23-15-7-5-4-6-13(15)19(26)28-3/h4-11H,1-3H3,(H2,22,23,24,25). The Morgan fingerprint density at radius 1 is 1.07 bits per heavy atom. The van der Waals surface area contributed by atoms with Gasteiger partial charge in [-0.2, -0.15) is 4.98 Å². The summed E-state index contributed by atoms with van der Waals surface area (Å²) < 4.78 is 10.2. The van der Waals surface area contributed by atoms with Crippen LogP contribution in [0.15, 0.2) is 48.7 Å².